The Bertz CT molecular complexity index is 449. The molecule has 0 spiro atoms. The van der Waals surface area contributed by atoms with E-state index < -0.39 is 11.8 Å². The van der Waals surface area contributed by atoms with E-state index in [1.807, 2.05) is 6.07 Å². The molecule has 0 radical (unpaired) electrons. The lowest BCUT2D eigenvalue weighted by molar-refractivity contribution is -0.146. The highest BCUT2D eigenvalue weighted by Gasteiger charge is 2.06. The van der Waals surface area contributed by atoms with Gasteiger partial charge in [-0.2, -0.15) is 0 Å². The zero-order valence-corrected chi connectivity index (χ0v) is 10.3. The Hall–Kier alpha value is -2.10. The van der Waals surface area contributed by atoms with Gasteiger partial charge in [0.25, 0.3) is 5.78 Å². The first-order chi connectivity index (χ1) is 8.65. The number of ether oxygens (including phenoxy) is 1. The van der Waals surface area contributed by atoms with Crippen LogP contribution in [0.5, 0.6) is 5.75 Å². The number of aliphatic carboxylic acids is 1. The summed E-state index contributed by atoms with van der Waals surface area (Å²) in [6.45, 7) is 2.68. The Morgan fingerprint density at radius 2 is 2.06 bits per heavy atom. The summed E-state index contributed by atoms with van der Waals surface area (Å²) in [5, 5.41) is 8.47. The second-order valence-electron chi connectivity index (χ2n) is 3.74. The number of carbonyl (C=O) groups is 2. The van der Waals surface area contributed by atoms with Crippen LogP contribution in [0, 0.1) is 0 Å². The van der Waals surface area contributed by atoms with Crippen molar-refractivity contribution in [1.29, 1.82) is 0 Å². The van der Waals surface area contributed by atoms with Gasteiger partial charge >= 0.3 is 5.97 Å². The van der Waals surface area contributed by atoms with Crippen molar-refractivity contribution in [1.82, 2.24) is 0 Å². The van der Waals surface area contributed by atoms with E-state index in [1.165, 1.54) is 6.08 Å². The molecule has 96 valence electrons. The average Bonchev–Trinajstić information content (AvgIpc) is 2.37. The lowest BCUT2D eigenvalue weighted by atomic mass is 10.1. The lowest BCUT2D eigenvalue weighted by Crippen LogP contribution is -2.08. The van der Waals surface area contributed by atoms with Gasteiger partial charge in [0.1, 0.15) is 5.75 Å². The molecule has 0 aliphatic rings. The molecule has 0 amide bonds. The lowest BCUT2D eigenvalue weighted by Gasteiger charge is -2.08. The first kappa shape index (κ1) is 14.0. The minimum atomic E-state index is -1.46. The normalized spacial score (nSPS) is 10.5. The van der Waals surface area contributed by atoms with Crippen LogP contribution in [-0.4, -0.2) is 23.5 Å². The fourth-order valence-electron chi connectivity index (χ4n) is 1.31. The van der Waals surface area contributed by atoms with Gasteiger partial charge in [-0.1, -0.05) is 31.5 Å². The number of carbonyl (C=O) groups excluding carboxylic acids is 1. The highest BCUT2D eigenvalue weighted by atomic mass is 16.5. The summed E-state index contributed by atoms with van der Waals surface area (Å²) in [6, 6.07) is 7.20. The maximum Gasteiger partial charge on any atom is 0.376 e. The van der Waals surface area contributed by atoms with Crippen molar-refractivity contribution in [3.05, 3.63) is 35.9 Å². The molecule has 18 heavy (non-hydrogen) atoms. The Balaban J connectivity index is 2.75. The van der Waals surface area contributed by atoms with Crippen molar-refractivity contribution >= 4 is 17.8 Å². The third kappa shape index (κ3) is 4.41. The van der Waals surface area contributed by atoms with E-state index in [1.54, 1.807) is 18.2 Å². The zero-order valence-electron chi connectivity index (χ0n) is 10.3. The number of carboxylic acid groups (broad SMARTS) is 1. The summed E-state index contributed by atoms with van der Waals surface area (Å²) in [5.74, 6) is -1.76. The zero-order chi connectivity index (χ0) is 13.4. The van der Waals surface area contributed by atoms with E-state index in [0.29, 0.717) is 17.9 Å². The highest BCUT2D eigenvalue weighted by Crippen LogP contribution is 2.19. The maximum absolute atomic E-state index is 11.0. The molecule has 4 nitrogen and oxygen atoms in total. The molecule has 0 saturated heterocycles. The number of ketones is 1. The number of rotatable bonds is 7. The monoisotopic (exact) mass is 248 g/mol. The smallest absolute Gasteiger partial charge is 0.376 e. The quantitative estimate of drug-likeness (QED) is 0.457. The molecular formula is C14H16O4. The van der Waals surface area contributed by atoms with Crippen LogP contribution >= 0.6 is 0 Å². The molecule has 0 saturated carbocycles. The molecule has 4 heteroatoms. The predicted molar refractivity (Wildman–Crippen MR) is 68.5 cm³/mol. The highest BCUT2D eigenvalue weighted by molar-refractivity contribution is 6.38. The summed E-state index contributed by atoms with van der Waals surface area (Å²) in [6.07, 6.45) is 4.48. The molecule has 0 fully saturated rings. The number of carboxylic acids is 1. The van der Waals surface area contributed by atoms with Gasteiger partial charge in [-0.3, -0.25) is 4.79 Å². The van der Waals surface area contributed by atoms with Crippen molar-refractivity contribution in [2.45, 2.75) is 19.8 Å². The molecule has 1 N–H and O–H groups in total. The van der Waals surface area contributed by atoms with Gasteiger partial charge in [0, 0.05) is 5.56 Å². The fraction of sp³-hybridized carbons (Fsp3) is 0.286. The summed E-state index contributed by atoms with van der Waals surface area (Å²) in [7, 11) is 0. The Morgan fingerprint density at radius 1 is 1.33 bits per heavy atom. The SMILES string of the molecule is CCCCOc1ccccc1/C=C/C(=O)C(=O)O. The molecule has 0 bridgehead atoms. The Morgan fingerprint density at radius 3 is 2.72 bits per heavy atom. The van der Waals surface area contributed by atoms with Gasteiger partial charge in [0.15, 0.2) is 0 Å². The van der Waals surface area contributed by atoms with Gasteiger partial charge < -0.3 is 9.84 Å². The first-order valence-electron chi connectivity index (χ1n) is 5.82. The van der Waals surface area contributed by atoms with Gasteiger partial charge in [-0.05, 0) is 24.6 Å². The molecule has 0 unspecified atom stereocenters. The van der Waals surface area contributed by atoms with E-state index in [9.17, 15) is 9.59 Å². The number of para-hydroxylation sites is 1. The van der Waals surface area contributed by atoms with Crippen LogP contribution in [0.25, 0.3) is 6.08 Å². The summed E-state index contributed by atoms with van der Waals surface area (Å²) < 4.78 is 5.56. The van der Waals surface area contributed by atoms with E-state index in [2.05, 4.69) is 6.92 Å². The molecular weight excluding hydrogens is 232 g/mol. The molecule has 0 aliphatic carbocycles. The molecule has 0 heterocycles. The van der Waals surface area contributed by atoms with Crippen LogP contribution in [-0.2, 0) is 9.59 Å². The van der Waals surface area contributed by atoms with Crippen molar-refractivity contribution < 1.29 is 19.4 Å². The largest absolute Gasteiger partial charge is 0.493 e. The summed E-state index contributed by atoms with van der Waals surface area (Å²) >= 11 is 0. The van der Waals surface area contributed by atoms with Gasteiger partial charge in [0.2, 0.25) is 0 Å². The third-order valence-electron chi connectivity index (χ3n) is 2.30. The van der Waals surface area contributed by atoms with Crippen molar-refractivity contribution in [2.75, 3.05) is 6.61 Å². The second-order valence-corrected chi connectivity index (χ2v) is 3.74. The van der Waals surface area contributed by atoms with E-state index >= 15 is 0 Å². The van der Waals surface area contributed by atoms with Gasteiger partial charge in [-0.15, -0.1) is 0 Å². The number of unbranched alkanes of at least 4 members (excludes halogenated alkanes) is 1. The van der Waals surface area contributed by atoms with Crippen LogP contribution in [0.15, 0.2) is 30.3 Å². The minimum Gasteiger partial charge on any atom is -0.493 e. The first-order valence-corrected chi connectivity index (χ1v) is 5.82. The Labute approximate surface area is 106 Å². The van der Waals surface area contributed by atoms with Crippen LogP contribution in [0.4, 0.5) is 0 Å². The van der Waals surface area contributed by atoms with Crippen LogP contribution in [0.1, 0.15) is 25.3 Å². The van der Waals surface area contributed by atoms with E-state index in [0.717, 1.165) is 18.9 Å². The van der Waals surface area contributed by atoms with Crippen molar-refractivity contribution in [3.8, 4) is 5.75 Å². The minimum absolute atomic E-state index is 0.605. The number of hydrogen-bond acceptors (Lipinski definition) is 3. The molecule has 1 aromatic carbocycles. The Kier molecular flexibility index (Phi) is 5.64. The summed E-state index contributed by atoms with van der Waals surface area (Å²) in [5.41, 5.74) is 0.697. The van der Waals surface area contributed by atoms with Gasteiger partial charge in [-0.25, -0.2) is 4.79 Å². The van der Waals surface area contributed by atoms with Crippen LogP contribution < -0.4 is 4.74 Å². The number of hydrogen-bond donors (Lipinski definition) is 1. The summed E-state index contributed by atoms with van der Waals surface area (Å²) in [4.78, 5) is 21.3. The molecule has 1 rings (SSSR count). The topological polar surface area (TPSA) is 63.6 Å². The van der Waals surface area contributed by atoms with E-state index in [4.69, 9.17) is 9.84 Å². The van der Waals surface area contributed by atoms with E-state index in [-0.39, 0.29) is 0 Å². The predicted octanol–water partition coefficient (Wildman–Crippen LogP) is 2.53. The van der Waals surface area contributed by atoms with Crippen LogP contribution in [0.2, 0.25) is 0 Å². The number of benzene rings is 1. The van der Waals surface area contributed by atoms with Crippen molar-refractivity contribution in [3.63, 3.8) is 0 Å². The fourth-order valence-corrected chi connectivity index (χ4v) is 1.31. The molecule has 0 aliphatic heterocycles. The molecule has 0 atom stereocenters. The second kappa shape index (κ2) is 7.27. The molecule has 1 aromatic rings. The standard InChI is InChI=1S/C14H16O4/c1-2-3-10-18-13-7-5-4-6-11(13)8-9-12(15)14(16)17/h4-9H,2-3,10H2,1H3,(H,16,17)/b9-8+. The van der Waals surface area contributed by atoms with Crippen molar-refractivity contribution in [2.24, 2.45) is 0 Å². The van der Waals surface area contributed by atoms with Gasteiger partial charge in [0.05, 0.1) is 6.61 Å². The maximum atomic E-state index is 11.0. The third-order valence-corrected chi connectivity index (χ3v) is 2.30. The average molecular weight is 248 g/mol. The van der Waals surface area contributed by atoms with Crippen LogP contribution in [0.3, 0.4) is 0 Å². The molecule has 0 aromatic heterocycles.